The van der Waals surface area contributed by atoms with Crippen molar-refractivity contribution in [3.8, 4) is 5.88 Å². The summed E-state index contributed by atoms with van der Waals surface area (Å²) in [6, 6.07) is 15.7. The number of benzene rings is 2. The first kappa shape index (κ1) is 24.6. The zero-order valence-corrected chi connectivity index (χ0v) is 20.4. The van der Waals surface area contributed by atoms with Crippen molar-refractivity contribution < 1.29 is 19.4 Å². The van der Waals surface area contributed by atoms with Gasteiger partial charge in [-0.2, -0.15) is 0 Å². The van der Waals surface area contributed by atoms with Crippen LogP contribution in [0.1, 0.15) is 35.3 Å². The van der Waals surface area contributed by atoms with Crippen LogP contribution in [0.25, 0.3) is 10.9 Å². The van der Waals surface area contributed by atoms with E-state index in [2.05, 4.69) is 9.97 Å². The standard InChI is InChI=1S/C27H27N5O4/c1-27(2,28)26(35)32(3)19-8-6-18(7-9-19)30-23(16-11-13-29-14-12-16)22-20-10-5-17(25(34)36-4)15-21(20)31-24(22)33/h5-15,31,33H,28H2,1-4H3. The Hall–Kier alpha value is -4.50. The molecule has 9 heteroatoms. The highest BCUT2D eigenvalue weighted by Crippen LogP contribution is 2.32. The molecule has 4 N–H and O–H groups in total. The minimum atomic E-state index is -0.999. The van der Waals surface area contributed by atoms with Gasteiger partial charge in [0.2, 0.25) is 5.91 Å². The summed E-state index contributed by atoms with van der Waals surface area (Å²) in [6.45, 7) is 3.32. The van der Waals surface area contributed by atoms with Crippen LogP contribution >= 0.6 is 0 Å². The predicted octanol–water partition coefficient (Wildman–Crippen LogP) is 3.92. The number of fused-ring (bicyclic) bond motifs is 1. The number of ether oxygens (including phenoxy) is 1. The van der Waals surface area contributed by atoms with Gasteiger partial charge in [0.25, 0.3) is 0 Å². The van der Waals surface area contributed by atoms with E-state index in [0.29, 0.717) is 39.1 Å². The zero-order valence-electron chi connectivity index (χ0n) is 20.4. The lowest BCUT2D eigenvalue weighted by atomic mass is 10.0. The van der Waals surface area contributed by atoms with Crippen molar-refractivity contribution in [2.45, 2.75) is 19.4 Å². The number of likely N-dealkylation sites (N-methyl/N-ethyl adjacent to an activating group) is 1. The molecular formula is C27H27N5O4. The summed E-state index contributed by atoms with van der Waals surface area (Å²) in [5.41, 5.74) is 8.88. The smallest absolute Gasteiger partial charge is 0.337 e. The lowest BCUT2D eigenvalue weighted by Gasteiger charge is -2.25. The molecule has 0 aliphatic carbocycles. The summed E-state index contributed by atoms with van der Waals surface area (Å²) < 4.78 is 4.80. The van der Waals surface area contributed by atoms with Crippen LogP contribution in [0, 0.1) is 0 Å². The number of nitrogens with one attached hydrogen (secondary N) is 1. The summed E-state index contributed by atoms with van der Waals surface area (Å²) in [6.07, 6.45) is 3.29. The molecule has 0 bridgehead atoms. The highest BCUT2D eigenvalue weighted by Gasteiger charge is 2.26. The molecule has 2 aromatic carbocycles. The van der Waals surface area contributed by atoms with E-state index in [0.717, 1.165) is 5.56 Å². The third kappa shape index (κ3) is 4.82. The first-order valence-corrected chi connectivity index (χ1v) is 11.2. The second kappa shape index (κ2) is 9.63. The van der Waals surface area contributed by atoms with Crippen LogP contribution in [0.15, 0.2) is 72.0 Å². The fourth-order valence-electron chi connectivity index (χ4n) is 3.87. The largest absolute Gasteiger partial charge is 0.494 e. The molecule has 0 aliphatic heterocycles. The van der Waals surface area contributed by atoms with E-state index in [1.54, 1.807) is 87.9 Å². The third-order valence-corrected chi connectivity index (χ3v) is 5.72. The minimum absolute atomic E-state index is 0.0882. The number of anilines is 1. The molecule has 9 nitrogen and oxygen atoms in total. The maximum atomic E-state index is 12.5. The van der Waals surface area contributed by atoms with Gasteiger partial charge in [-0.15, -0.1) is 0 Å². The van der Waals surface area contributed by atoms with Gasteiger partial charge in [0.1, 0.15) is 0 Å². The van der Waals surface area contributed by atoms with Crippen LogP contribution in [0.2, 0.25) is 0 Å². The van der Waals surface area contributed by atoms with Gasteiger partial charge < -0.3 is 25.5 Å². The number of carbonyl (C=O) groups is 2. The van der Waals surface area contributed by atoms with Crippen LogP contribution in [-0.4, -0.2) is 52.4 Å². The minimum Gasteiger partial charge on any atom is -0.494 e. The maximum Gasteiger partial charge on any atom is 0.337 e. The van der Waals surface area contributed by atoms with Crippen LogP contribution in [0.4, 0.5) is 11.4 Å². The first-order valence-electron chi connectivity index (χ1n) is 11.2. The number of amides is 1. The number of rotatable bonds is 6. The van der Waals surface area contributed by atoms with Crippen molar-refractivity contribution >= 4 is 39.9 Å². The van der Waals surface area contributed by atoms with Gasteiger partial charge in [-0.05, 0) is 62.4 Å². The summed E-state index contributed by atoms with van der Waals surface area (Å²) in [7, 11) is 2.98. The quantitative estimate of drug-likeness (QED) is 0.280. The zero-order chi connectivity index (χ0) is 26.0. The van der Waals surface area contributed by atoms with E-state index in [4.69, 9.17) is 15.5 Å². The molecule has 0 fully saturated rings. The molecule has 2 heterocycles. The molecule has 36 heavy (non-hydrogen) atoms. The number of methoxy groups -OCH3 is 1. The monoisotopic (exact) mass is 485 g/mol. The van der Waals surface area contributed by atoms with Crippen LogP contribution in [0.5, 0.6) is 5.88 Å². The lowest BCUT2D eigenvalue weighted by molar-refractivity contribution is -0.122. The topological polar surface area (TPSA) is 134 Å². The molecule has 0 saturated heterocycles. The summed E-state index contributed by atoms with van der Waals surface area (Å²) >= 11 is 0. The van der Waals surface area contributed by atoms with Gasteiger partial charge >= 0.3 is 5.97 Å². The van der Waals surface area contributed by atoms with E-state index in [1.165, 1.54) is 12.0 Å². The average molecular weight is 486 g/mol. The highest BCUT2D eigenvalue weighted by atomic mass is 16.5. The van der Waals surface area contributed by atoms with E-state index in [9.17, 15) is 14.7 Å². The van der Waals surface area contributed by atoms with Gasteiger partial charge in [0, 0.05) is 41.6 Å². The molecule has 2 aromatic heterocycles. The number of nitrogens with zero attached hydrogens (tertiary/aromatic N) is 3. The Kier molecular flexibility index (Phi) is 6.59. The van der Waals surface area contributed by atoms with Gasteiger partial charge in [0.15, 0.2) is 5.88 Å². The SMILES string of the molecule is COC(=O)c1ccc2c(C(=Nc3ccc(N(C)C(=O)C(C)(C)N)cc3)c3ccncc3)c(O)[nH]c2c1. The lowest BCUT2D eigenvalue weighted by Crippen LogP contribution is -2.49. The number of hydrogen-bond acceptors (Lipinski definition) is 7. The number of aromatic amines is 1. The summed E-state index contributed by atoms with van der Waals surface area (Å²) in [4.78, 5) is 37.8. The van der Waals surface area contributed by atoms with Crippen LogP contribution < -0.4 is 10.6 Å². The molecule has 4 aromatic rings. The van der Waals surface area contributed by atoms with Crippen molar-refractivity contribution in [1.29, 1.82) is 0 Å². The second-order valence-electron chi connectivity index (χ2n) is 8.90. The van der Waals surface area contributed by atoms with Gasteiger partial charge in [0.05, 0.1) is 35.2 Å². The molecule has 0 aliphatic rings. The van der Waals surface area contributed by atoms with Crippen molar-refractivity contribution in [3.05, 3.63) is 83.7 Å². The number of carbonyl (C=O) groups excluding carboxylic acids is 2. The van der Waals surface area contributed by atoms with Crippen molar-refractivity contribution in [1.82, 2.24) is 9.97 Å². The van der Waals surface area contributed by atoms with E-state index < -0.39 is 11.5 Å². The van der Waals surface area contributed by atoms with Crippen molar-refractivity contribution in [3.63, 3.8) is 0 Å². The highest BCUT2D eigenvalue weighted by molar-refractivity contribution is 6.22. The van der Waals surface area contributed by atoms with Gasteiger partial charge in [-0.25, -0.2) is 9.79 Å². The molecule has 0 atom stereocenters. The Labute approximate surface area is 208 Å². The molecular weight excluding hydrogens is 458 g/mol. The maximum absolute atomic E-state index is 12.5. The number of hydrogen-bond donors (Lipinski definition) is 3. The molecule has 184 valence electrons. The second-order valence-corrected chi connectivity index (χ2v) is 8.90. The van der Waals surface area contributed by atoms with E-state index >= 15 is 0 Å². The predicted molar refractivity (Wildman–Crippen MR) is 139 cm³/mol. The van der Waals surface area contributed by atoms with Gasteiger partial charge in [-0.3, -0.25) is 9.78 Å². The number of aliphatic imine (C=N–C) groups is 1. The molecule has 0 saturated carbocycles. The Morgan fingerprint density at radius 2 is 1.72 bits per heavy atom. The van der Waals surface area contributed by atoms with E-state index in [-0.39, 0.29) is 11.8 Å². The number of aromatic hydroxyl groups is 1. The third-order valence-electron chi connectivity index (χ3n) is 5.72. The molecule has 0 unspecified atom stereocenters. The van der Waals surface area contributed by atoms with Crippen LogP contribution in [-0.2, 0) is 9.53 Å². The Morgan fingerprint density at radius 1 is 1.06 bits per heavy atom. The van der Waals surface area contributed by atoms with E-state index in [1.807, 2.05) is 0 Å². The fourth-order valence-corrected chi connectivity index (χ4v) is 3.87. The molecule has 1 amide bonds. The average Bonchev–Trinajstić information content (AvgIpc) is 3.20. The Bertz CT molecular complexity index is 1450. The number of nitrogens with two attached hydrogens (primary N) is 1. The number of H-pyrrole nitrogens is 1. The van der Waals surface area contributed by atoms with Crippen LogP contribution in [0.3, 0.4) is 0 Å². The summed E-state index contributed by atoms with van der Waals surface area (Å²) in [5, 5.41) is 11.5. The molecule has 0 radical (unpaired) electrons. The van der Waals surface area contributed by atoms with Crippen molar-refractivity contribution in [2.75, 3.05) is 19.1 Å². The van der Waals surface area contributed by atoms with Gasteiger partial charge in [-0.1, -0.05) is 6.07 Å². The Balaban J connectivity index is 1.80. The summed E-state index contributed by atoms with van der Waals surface area (Å²) in [5.74, 6) is -0.780. The molecule has 0 spiro atoms. The number of pyridine rings is 1. The molecule has 4 rings (SSSR count). The number of aromatic nitrogens is 2. The normalized spacial score (nSPS) is 12.0. The van der Waals surface area contributed by atoms with Crippen molar-refractivity contribution in [2.24, 2.45) is 10.7 Å². The first-order chi connectivity index (χ1) is 17.1. The number of esters is 1. The fraction of sp³-hybridized carbons (Fsp3) is 0.185. The Morgan fingerprint density at radius 3 is 2.33 bits per heavy atom.